The number of piperidine rings is 2. The van der Waals surface area contributed by atoms with E-state index < -0.39 is 6.09 Å². The van der Waals surface area contributed by atoms with Crippen LogP contribution in [0.4, 0.5) is 4.79 Å². The van der Waals surface area contributed by atoms with Gasteiger partial charge in [0, 0.05) is 32.2 Å². The number of carboxylic acid groups (broad SMARTS) is 1. The summed E-state index contributed by atoms with van der Waals surface area (Å²) < 4.78 is 6.19. The van der Waals surface area contributed by atoms with Crippen LogP contribution in [-0.2, 0) is 4.74 Å². The summed E-state index contributed by atoms with van der Waals surface area (Å²) in [5, 5.41) is 8.94. The predicted octanol–water partition coefficient (Wildman–Crippen LogP) is 2.16. The third-order valence-electron chi connectivity index (χ3n) is 5.17. The molecule has 1 aliphatic carbocycles. The van der Waals surface area contributed by atoms with Crippen molar-refractivity contribution in [2.75, 3.05) is 26.2 Å². The number of carbonyl (C=O) groups is 1. The smallest absolute Gasteiger partial charge is 0.407 e. The van der Waals surface area contributed by atoms with Crippen molar-refractivity contribution in [1.82, 2.24) is 9.80 Å². The van der Waals surface area contributed by atoms with E-state index >= 15 is 0 Å². The molecule has 1 N–H and O–H groups in total. The van der Waals surface area contributed by atoms with Gasteiger partial charge >= 0.3 is 6.09 Å². The van der Waals surface area contributed by atoms with E-state index in [1.54, 1.807) is 0 Å². The van der Waals surface area contributed by atoms with Crippen LogP contribution in [0.5, 0.6) is 0 Å². The lowest BCUT2D eigenvalue weighted by Crippen LogP contribution is -2.47. The number of likely N-dealkylation sites (tertiary alicyclic amines) is 2. The first-order valence-electron chi connectivity index (χ1n) is 8.10. The van der Waals surface area contributed by atoms with Crippen molar-refractivity contribution < 1.29 is 14.6 Å². The van der Waals surface area contributed by atoms with Crippen LogP contribution in [0, 0.1) is 0 Å². The van der Waals surface area contributed by atoms with Gasteiger partial charge in [-0.2, -0.15) is 0 Å². The van der Waals surface area contributed by atoms with Gasteiger partial charge in [-0.25, -0.2) is 4.79 Å². The molecular formula is C15H26N2O3. The normalized spacial score (nSPS) is 27.5. The fraction of sp³-hybridized carbons (Fsp3) is 0.933. The molecule has 0 atom stereocenters. The van der Waals surface area contributed by atoms with Gasteiger partial charge < -0.3 is 19.6 Å². The quantitative estimate of drug-likeness (QED) is 0.862. The minimum absolute atomic E-state index is 0.269. The summed E-state index contributed by atoms with van der Waals surface area (Å²) >= 11 is 0. The molecule has 114 valence electrons. The van der Waals surface area contributed by atoms with Gasteiger partial charge in [-0.05, 0) is 38.5 Å². The summed E-state index contributed by atoms with van der Waals surface area (Å²) in [6.07, 6.45) is 8.06. The topological polar surface area (TPSA) is 53.0 Å². The molecule has 0 radical (unpaired) electrons. The number of amides is 1. The molecule has 5 heteroatoms. The standard InChI is InChI=1S/C15H26N2O3/c18-15(19)17-10-6-14(7-11-17)20-13-4-8-16(9-5-13)12-2-1-3-12/h12-14H,1-11H2,(H,18,19). The van der Waals surface area contributed by atoms with Crippen molar-refractivity contribution in [3.63, 3.8) is 0 Å². The molecule has 3 fully saturated rings. The molecule has 0 aromatic heterocycles. The van der Waals surface area contributed by atoms with E-state index in [4.69, 9.17) is 9.84 Å². The van der Waals surface area contributed by atoms with E-state index in [2.05, 4.69) is 4.90 Å². The molecule has 0 aromatic carbocycles. The Morgan fingerprint density at radius 1 is 0.900 bits per heavy atom. The number of hydrogen-bond donors (Lipinski definition) is 1. The maximum Gasteiger partial charge on any atom is 0.407 e. The molecule has 20 heavy (non-hydrogen) atoms. The first-order valence-corrected chi connectivity index (χ1v) is 8.10. The molecule has 2 heterocycles. The van der Waals surface area contributed by atoms with Crippen molar-refractivity contribution in [3.05, 3.63) is 0 Å². The summed E-state index contributed by atoms with van der Waals surface area (Å²) in [6.45, 7) is 3.62. The first-order chi connectivity index (χ1) is 9.72. The fourth-order valence-corrected chi connectivity index (χ4v) is 3.58. The van der Waals surface area contributed by atoms with Crippen LogP contribution in [0.2, 0.25) is 0 Å². The Hall–Kier alpha value is -0.810. The molecule has 3 rings (SSSR count). The van der Waals surface area contributed by atoms with Gasteiger partial charge in [-0.1, -0.05) is 6.42 Å². The Morgan fingerprint density at radius 3 is 1.90 bits per heavy atom. The molecule has 1 saturated carbocycles. The summed E-state index contributed by atoms with van der Waals surface area (Å²) in [4.78, 5) is 15.0. The van der Waals surface area contributed by atoms with Gasteiger partial charge in [0.05, 0.1) is 12.2 Å². The predicted molar refractivity (Wildman–Crippen MR) is 75.9 cm³/mol. The minimum Gasteiger partial charge on any atom is -0.465 e. The molecule has 0 bridgehead atoms. The zero-order valence-electron chi connectivity index (χ0n) is 12.2. The molecule has 0 aromatic rings. The Bertz CT molecular complexity index is 330. The zero-order chi connectivity index (χ0) is 13.9. The van der Waals surface area contributed by atoms with Gasteiger partial charge in [-0.15, -0.1) is 0 Å². The number of rotatable bonds is 3. The molecule has 2 saturated heterocycles. The SMILES string of the molecule is O=C(O)N1CCC(OC2CCN(C3CCC3)CC2)CC1. The number of nitrogens with zero attached hydrogens (tertiary/aromatic N) is 2. The fourth-order valence-electron chi connectivity index (χ4n) is 3.58. The van der Waals surface area contributed by atoms with Crippen molar-refractivity contribution in [3.8, 4) is 0 Å². The average molecular weight is 282 g/mol. The Kier molecular flexibility index (Phi) is 4.46. The largest absolute Gasteiger partial charge is 0.465 e. The van der Waals surface area contributed by atoms with E-state index in [1.165, 1.54) is 37.3 Å². The van der Waals surface area contributed by atoms with Gasteiger partial charge in [0.1, 0.15) is 0 Å². The van der Waals surface area contributed by atoms with Gasteiger partial charge in [-0.3, -0.25) is 0 Å². The highest BCUT2D eigenvalue weighted by atomic mass is 16.5. The van der Waals surface area contributed by atoms with E-state index in [0.29, 0.717) is 19.2 Å². The molecule has 0 spiro atoms. The molecule has 0 unspecified atom stereocenters. The zero-order valence-corrected chi connectivity index (χ0v) is 12.2. The Labute approximate surface area is 120 Å². The second kappa shape index (κ2) is 6.31. The highest BCUT2D eigenvalue weighted by molar-refractivity contribution is 5.64. The maximum atomic E-state index is 10.9. The Morgan fingerprint density at radius 2 is 1.45 bits per heavy atom. The summed E-state index contributed by atoms with van der Waals surface area (Å²) in [6, 6.07) is 0.856. The highest BCUT2D eigenvalue weighted by Gasteiger charge is 2.31. The highest BCUT2D eigenvalue weighted by Crippen LogP contribution is 2.29. The van der Waals surface area contributed by atoms with Gasteiger partial charge in [0.2, 0.25) is 0 Å². The van der Waals surface area contributed by atoms with Gasteiger partial charge in [0.25, 0.3) is 0 Å². The van der Waals surface area contributed by atoms with Crippen molar-refractivity contribution in [1.29, 1.82) is 0 Å². The average Bonchev–Trinajstić information content (AvgIpc) is 2.39. The van der Waals surface area contributed by atoms with E-state index in [9.17, 15) is 4.79 Å². The first kappa shape index (κ1) is 14.1. The number of ether oxygens (including phenoxy) is 1. The molecule has 5 nitrogen and oxygen atoms in total. The Balaban J connectivity index is 1.36. The lowest BCUT2D eigenvalue weighted by Gasteiger charge is -2.42. The molecule has 2 aliphatic heterocycles. The third-order valence-corrected chi connectivity index (χ3v) is 5.17. The second-order valence-electron chi connectivity index (χ2n) is 6.43. The van der Waals surface area contributed by atoms with Crippen LogP contribution in [0.3, 0.4) is 0 Å². The van der Waals surface area contributed by atoms with Crippen LogP contribution >= 0.6 is 0 Å². The molecular weight excluding hydrogens is 256 g/mol. The summed E-state index contributed by atoms with van der Waals surface area (Å²) in [5.74, 6) is 0. The lowest BCUT2D eigenvalue weighted by atomic mass is 9.89. The van der Waals surface area contributed by atoms with Gasteiger partial charge in [0.15, 0.2) is 0 Å². The maximum absolute atomic E-state index is 10.9. The van der Waals surface area contributed by atoms with Crippen LogP contribution in [0.15, 0.2) is 0 Å². The summed E-state index contributed by atoms with van der Waals surface area (Å²) in [7, 11) is 0. The molecule has 3 aliphatic rings. The van der Waals surface area contributed by atoms with Crippen LogP contribution in [-0.4, -0.2) is 65.4 Å². The van der Waals surface area contributed by atoms with E-state index in [0.717, 1.165) is 31.7 Å². The third kappa shape index (κ3) is 3.26. The van der Waals surface area contributed by atoms with Crippen LogP contribution in [0.25, 0.3) is 0 Å². The van der Waals surface area contributed by atoms with E-state index in [1.807, 2.05) is 0 Å². The van der Waals surface area contributed by atoms with Crippen LogP contribution in [0.1, 0.15) is 44.9 Å². The van der Waals surface area contributed by atoms with Crippen molar-refractivity contribution >= 4 is 6.09 Å². The monoisotopic (exact) mass is 282 g/mol. The van der Waals surface area contributed by atoms with Crippen LogP contribution < -0.4 is 0 Å². The van der Waals surface area contributed by atoms with Crippen molar-refractivity contribution in [2.24, 2.45) is 0 Å². The lowest BCUT2D eigenvalue weighted by molar-refractivity contribution is -0.0699. The second-order valence-corrected chi connectivity index (χ2v) is 6.43. The van der Waals surface area contributed by atoms with Crippen molar-refractivity contribution in [2.45, 2.75) is 63.2 Å². The number of hydrogen-bond acceptors (Lipinski definition) is 3. The minimum atomic E-state index is -0.794. The summed E-state index contributed by atoms with van der Waals surface area (Å²) in [5.41, 5.74) is 0. The van der Waals surface area contributed by atoms with E-state index in [-0.39, 0.29) is 6.10 Å². The molecule has 1 amide bonds.